The molecule has 2 heterocycles. The van der Waals surface area contributed by atoms with Crippen LogP contribution < -0.4 is 9.64 Å². The Kier molecular flexibility index (Phi) is 5.11. The Balaban J connectivity index is 2.07. The molecule has 0 saturated carbocycles. The number of nitrogens with zero attached hydrogens (tertiary/aromatic N) is 5. The minimum absolute atomic E-state index is 0.0249. The van der Waals surface area contributed by atoms with Crippen LogP contribution in [0.15, 0.2) is 30.3 Å². The van der Waals surface area contributed by atoms with Crippen LogP contribution in [0, 0.1) is 6.92 Å². The highest BCUT2D eigenvalue weighted by Gasteiger charge is 2.16. The number of rotatable bonds is 7. The number of fused-ring (bicyclic) bond motifs is 1. The molecule has 8 heteroatoms. The zero-order valence-electron chi connectivity index (χ0n) is 14.3. The van der Waals surface area contributed by atoms with Crippen LogP contribution in [0.5, 0.6) is 5.75 Å². The summed E-state index contributed by atoms with van der Waals surface area (Å²) in [5.74, 6) is 2.52. The van der Waals surface area contributed by atoms with Crippen LogP contribution in [-0.2, 0) is 0 Å². The minimum atomic E-state index is -0.0249. The Morgan fingerprint density at radius 2 is 1.76 bits per heavy atom. The molecular weight excluding hydrogens is 322 g/mol. The highest BCUT2D eigenvalue weighted by Crippen LogP contribution is 2.22. The smallest absolute Gasteiger partial charge is 0.254 e. The number of hydrogen-bond donors (Lipinski definition) is 2. The second-order valence-corrected chi connectivity index (χ2v) is 5.57. The number of aliphatic hydroxyl groups is 2. The molecule has 0 amide bonds. The number of benzene rings is 1. The summed E-state index contributed by atoms with van der Waals surface area (Å²) in [7, 11) is 1.62. The van der Waals surface area contributed by atoms with Gasteiger partial charge in [0.05, 0.1) is 20.3 Å². The van der Waals surface area contributed by atoms with E-state index in [1.165, 1.54) is 0 Å². The van der Waals surface area contributed by atoms with E-state index in [2.05, 4.69) is 15.1 Å². The van der Waals surface area contributed by atoms with Crippen molar-refractivity contribution in [1.29, 1.82) is 0 Å². The normalized spacial score (nSPS) is 11.0. The molecule has 1 aromatic carbocycles. The first-order valence-corrected chi connectivity index (χ1v) is 8.01. The van der Waals surface area contributed by atoms with Crippen molar-refractivity contribution in [3.05, 3.63) is 36.0 Å². The van der Waals surface area contributed by atoms with Gasteiger partial charge in [0.15, 0.2) is 5.82 Å². The van der Waals surface area contributed by atoms with Crippen LogP contribution in [0.3, 0.4) is 0 Å². The lowest BCUT2D eigenvalue weighted by atomic mass is 10.2. The molecule has 3 rings (SSSR count). The quantitative estimate of drug-likeness (QED) is 0.658. The lowest BCUT2D eigenvalue weighted by Crippen LogP contribution is -2.31. The fourth-order valence-corrected chi connectivity index (χ4v) is 2.64. The summed E-state index contributed by atoms with van der Waals surface area (Å²) >= 11 is 0. The van der Waals surface area contributed by atoms with Gasteiger partial charge in [-0.3, -0.25) is 0 Å². The van der Waals surface area contributed by atoms with Crippen LogP contribution in [0.1, 0.15) is 5.69 Å². The Hall–Kier alpha value is -2.71. The van der Waals surface area contributed by atoms with E-state index in [-0.39, 0.29) is 13.2 Å². The number of ether oxygens (including phenoxy) is 1. The zero-order chi connectivity index (χ0) is 17.8. The number of aryl methyl sites for hydroxylation is 1. The number of anilines is 1. The molecule has 0 atom stereocenters. The van der Waals surface area contributed by atoms with Crippen LogP contribution in [-0.4, -0.2) is 63.2 Å². The molecule has 0 bridgehead atoms. The monoisotopic (exact) mass is 343 g/mol. The molecule has 2 aromatic heterocycles. The third-order valence-corrected chi connectivity index (χ3v) is 3.83. The van der Waals surface area contributed by atoms with E-state index in [0.29, 0.717) is 24.7 Å². The van der Waals surface area contributed by atoms with Gasteiger partial charge in [0.25, 0.3) is 5.78 Å². The Morgan fingerprint density at radius 3 is 2.36 bits per heavy atom. The van der Waals surface area contributed by atoms with Gasteiger partial charge in [-0.2, -0.15) is 9.50 Å². The Bertz CT molecular complexity index is 841. The standard InChI is InChI=1S/C17H21N5O3/c1-12-11-15(21(7-9-23)8-10-24)22-17(18-12)19-16(20-22)13-3-5-14(25-2)6-4-13/h3-6,11,23-24H,7-10H2,1-2H3. The lowest BCUT2D eigenvalue weighted by molar-refractivity contribution is 0.280. The summed E-state index contributed by atoms with van der Waals surface area (Å²) in [5.41, 5.74) is 1.64. The summed E-state index contributed by atoms with van der Waals surface area (Å²) in [6.45, 7) is 2.60. The average Bonchev–Trinajstić information content (AvgIpc) is 3.04. The third kappa shape index (κ3) is 3.54. The van der Waals surface area contributed by atoms with Gasteiger partial charge in [-0.1, -0.05) is 0 Å². The van der Waals surface area contributed by atoms with Crippen molar-refractivity contribution >= 4 is 11.6 Å². The molecule has 0 radical (unpaired) electrons. The van der Waals surface area contributed by atoms with E-state index < -0.39 is 0 Å². The van der Waals surface area contributed by atoms with E-state index in [9.17, 15) is 10.2 Å². The van der Waals surface area contributed by atoms with Gasteiger partial charge in [0.1, 0.15) is 11.6 Å². The molecule has 132 valence electrons. The first kappa shape index (κ1) is 17.1. The van der Waals surface area contributed by atoms with Crippen LogP contribution in [0.2, 0.25) is 0 Å². The molecule has 8 nitrogen and oxygen atoms in total. The highest BCUT2D eigenvalue weighted by molar-refractivity contribution is 5.60. The van der Waals surface area contributed by atoms with Gasteiger partial charge in [-0.05, 0) is 31.2 Å². The second kappa shape index (κ2) is 7.45. The van der Waals surface area contributed by atoms with Crippen molar-refractivity contribution < 1.29 is 14.9 Å². The molecule has 0 fully saturated rings. The average molecular weight is 343 g/mol. The van der Waals surface area contributed by atoms with E-state index >= 15 is 0 Å². The maximum atomic E-state index is 9.30. The van der Waals surface area contributed by atoms with Crippen molar-refractivity contribution in [2.75, 3.05) is 38.3 Å². The predicted octanol–water partition coefficient (Wildman–Crippen LogP) is 0.899. The molecule has 0 saturated heterocycles. The number of aromatic nitrogens is 4. The summed E-state index contributed by atoms with van der Waals surface area (Å²) in [4.78, 5) is 10.8. The molecule has 0 aliphatic rings. The first-order chi connectivity index (χ1) is 12.2. The van der Waals surface area contributed by atoms with E-state index in [0.717, 1.165) is 22.8 Å². The summed E-state index contributed by atoms with van der Waals surface area (Å²) in [5, 5.41) is 23.2. The SMILES string of the molecule is COc1ccc(-c2nc3nc(C)cc(N(CCO)CCO)n3n2)cc1. The maximum Gasteiger partial charge on any atom is 0.254 e. The van der Waals surface area contributed by atoms with E-state index in [1.807, 2.05) is 42.2 Å². The van der Waals surface area contributed by atoms with Crippen molar-refractivity contribution in [3.63, 3.8) is 0 Å². The fourth-order valence-electron chi connectivity index (χ4n) is 2.64. The minimum Gasteiger partial charge on any atom is -0.497 e. The highest BCUT2D eigenvalue weighted by atomic mass is 16.5. The van der Waals surface area contributed by atoms with Crippen molar-refractivity contribution in [1.82, 2.24) is 19.6 Å². The van der Waals surface area contributed by atoms with Gasteiger partial charge in [0, 0.05) is 30.4 Å². The first-order valence-electron chi connectivity index (χ1n) is 8.01. The van der Waals surface area contributed by atoms with Crippen molar-refractivity contribution in [2.45, 2.75) is 6.92 Å². The molecule has 0 aliphatic heterocycles. The molecule has 3 aromatic rings. The fraction of sp³-hybridized carbons (Fsp3) is 0.353. The zero-order valence-corrected chi connectivity index (χ0v) is 14.3. The van der Waals surface area contributed by atoms with E-state index in [1.54, 1.807) is 11.6 Å². The molecule has 2 N–H and O–H groups in total. The number of methoxy groups -OCH3 is 1. The number of aliphatic hydroxyl groups excluding tert-OH is 2. The molecule has 25 heavy (non-hydrogen) atoms. The van der Waals surface area contributed by atoms with Crippen molar-refractivity contribution in [2.24, 2.45) is 0 Å². The molecule has 0 unspecified atom stereocenters. The summed E-state index contributed by atoms with van der Waals surface area (Å²) in [6, 6.07) is 9.35. The second-order valence-electron chi connectivity index (χ2n) is 5.57. The van der Waals surface area contributed by atoms with Crippen LogP contribution >= 0.6 is 0 Å². The molecule has 0 aliphatic carbocycles. The summed E-state index contributed by atoms with van der Waals surface area (Å²) < 4.78 is 6.81. The van der Waals surface area contributed by atoms with E-state index in [4.69, 9.17) is 4.74 Å². The predicted molar refractivity (Wildman–Crippen MR) is 93.9 cm³/mol. The Morgan fingerprint density at radius 1 is 1.08 bits per heavy atom. The Labute approximate surface area is 145 Å². The lowest BCUT2D eigenvalue weighted by Gasteiger charge is -2.23. The van der Waals surface area contributed by atoms with Crippen LogP contribution in [0.25, 0.3) is 17.2 Å². The van der Waals surface area contributed by atoms with Gasteiger partial charge < -0.3 is 19.8 Å². The summed E-state index contributed by atoms with van der Waals surface area (Å²) in [6.07, 6.45) is 0. The topological polar surface area (TPSA) is 96.0 Å². The van der Waals surface area contributed by atoms with Gasteiger partial charge in [0.2, 0.25) is 0 Å². The maximum absolute atomic E-state index is 9.30. The van der Waals surface area contributed by atoms with Gasteiger partial charge in [-0.15, -0.1) is 5.10 Å². The molecular formula is C17H21N5O3. The molecule has 0 spiro atoms. The van der Waals surface area contributed by atoms with Crippen molar-refractivity contribution in [3.8, 4) is 17.1 Å². The third-order valence-electron chi connectivity index (χ3n) is 3.83. The largest absolute Gasteiger partial charge is 0.497 e. The van der Waals surface area contributed by atoms with Crippen LogP contribution in [0.4, 0.5) is 5.82 Å². The van der Waals surface area contributed by atoms with Gasteiger partial charge in [-0.25, -0.2) is 4.98 Å². The van der Waals surface area contributed by atoms with Gasteiger partial charge >= 0.3 is 0 Å². The number of hydrogen-bond acceptors (Lipinski definition) is 7.